The first-order chi connectivity index (χ1) is 9.60. The highest BCUT2D eigenvalue weighted by Gasteiger charge is 2.13. The number of anilines is 1. The molecule has 0 aliphatic carbocycles. The number of amides is 1. The van der Waals surface area contributed by atoms with E-state index in [2.05, 4.69) is 22.4 Å². The lowest BCUT2D eigenvalue weighted by Crippen LogP contribution is -2.12. The van der Waals surface area contributed by atoms with Gasteiger partial charge in [-0.25, -0.2) is 0 Å². The molecular weight excluding hydrogens is 317 g/mol. The molecular formula is C13H13Cl2N3OS. The maximum atomic E-state index is 12.1. The third-order valence-corrected chi connectivity index (χ3v) is 4.07. The molecule has 0 bridgehead atoms. The van der Waals surface area contributed by atoms with Gasteiger partial charge in [0.1, 0.15) is 5.01 Å². The lowest BCUT2D eigenvalue weighted by molar-refractivity contribution is 0.102. The van der Waals surface area contributed by atoms with Crippen LogP contribution in [0.15, 0.2) is 18.2 Å². The number of aryl methyl sites for hydroxylation is 1. The number of aromatic nitrogens is 2. The third-order valence-electron chi connectivity index (χ3n) is 2.60. The number of halogens is 2. The van der Waals surface area contributed by atoms with Gasteiger partial charge >= 0.3 is 0 Å². The largest absolute Gasteiger partial charge is 0.296 e. The van der Waals surface area contributed by atoms with E-state index in [1.165, 1.54) is 17.4 Å². The molecule has 7 heteroatoms. The first-order valence-corrected chi connectivity index (χ1v) is 7.76. The number of nitrogens with zero attached hydrogens (tertiary/aromatic N) is 2. The normalized spacial score (nSPS) is 10.6. The van der Waals surface area contributed by atoms with Gasteiger partial charge in [-0.3, -0.25) is 10.1 Å². The van der Waals surface area contributed by atoms with Crippen molar-refractivity contribution in [3.8, 4) is 0 Å². The van der Waals surface area contributed by atoms with Crippen LogP contribution in [0.4, 0.5) is 5.13 Å². The lowest BCUT2D eigenvalue weighted by atomic mass is 10.2. The van der Waals surface area contributed by atoms with Crippen molar-refractivity contribution in [2.24, 2.45) is 0 Å². The molecule has 0 atom stereocenters. The second-order valence-corrected chi connectivity index (χ2v) is 6.09. The van der Waals surface area contributed by atoms with E-state index in [1.54, 1.807) is 12.1 Å². The Bertz CT molecular complexity index is 615. The summed E-state index contributed by atoms with van der Waals surface area (Å²) in [6, 6.07) is 4.75. The second-order valence-electron chi connectivity index (χ2n) is 4.18. The molecule has 1 amide bonds. The van der Waals surface area contributed by atoms with E-state index in [0.717, 1.165) is 24.3 Å². The molecule has 1 heterocycles. The van der Waals surface area contributed by atoms with Crippen molar-refractivity contribution >= 4 is 45.6 Å². The monoisotopic (exact) mass is 329 g/mol. The summed E-state index contributed by atoms with van der Waals surface area (Å²) in [6.45, 7) is 2.12. The zero-order valence-corrected chi connectivity index (χ0v) is 13.1. The fourth-order valence-corrected chi connectivity index (χ4v) is 2.72. The minimum Gasteiger partial charge on any atom is -0.296 e. The Kier molecular flexibility index (Phi) is 5.34. The zero-order valence-electron chi connectivity index (χ0n) is 10.8. The van der Waals surface area contributed by atoms with E-state index in [4.69, 9.17) is 23.2 Å². The zero-order chi connectivity index (χ0) is 14.5. The fraction of sp³-hybridized carbons (Fsp3) is 0.308. The predicted octanol–water partition coefficient (Wildman–Crippen LogP) is 4.44. The average molecular weight is 330 g/mol. The number of rotatable bonds is 5. The summed E-state index contributed by atoms with van der Waals surface area (Å²) in [6.07, 6.45) is 3.03. The number of unbranched alkanes of at least 4 members (excludes halogenated alkanes) is 1. The van der Waals surface area contributed by atoms with Crippen LogP contribution < -0.4 is 5.32 Å². The van der Waals surface area contributed by atoms with E-state index in [-0.39, 0.29) is 5.91 Å². The van der Waals surface area contributed by atoms with E-state index in [0.29, 0.717) is 20.7 Å². The van der Waals surface area contributed by atoms with Gasteiger partial charge in [-0.2, -0.15) is 0 Å². The Morgan fingerprint density at radius 2 is 2.15 bits per heavy atom. The molecule has 2 rings (SSSR count). The standard InChI is InChI=1S/C13H13Cl2N3OS/c1-2-3-4-11-17-18-13(20-11)16-12(19)9-7-8(14)5-6-10(9)15/h5-7H,2-4H2,1H3,(H,16,18,19). The van der Waals surface area contributed by atoms with Crippen LogP contribution >= 0.6 is 34.5 Å². The molecule has 0 saturated carbocycles. The highest BCUT2D eigenvalue weighted by molar-refractivity contribution is 7.15. The summed E-state index contributed by atoms with van der Waals surface area (Å²) >= 11 is 13.2. The second kappa shape index (κ2) is 7.02. The number of nitrogens with one attached hydrogen (secondary N) is 1. The fourth-order valence-electron chi connectivity index (χ4n) is 1.57. The number of hydrogen-bond donors (Lipinski definition) is 1. The number of benzene rings is 1. The lowest BCUT2D eigenvalue weighted by Gasteiger charge is -2.03. The highest BCUT2D eigenvalue weighted by Crippen LogP contribution is 2.23. The Hall–Kier alpha value is -1.17. The molecule has 0 aliphatic heterocycles. The SMILES string of the molecule is CCCCc1nnc(NC(=O)c2cc(Cl)ccc2Cl)s1. The van der Waals surface area contributed by atoms with E-state index >= 15 is 0 Å². The molecule has 0 radical (unpaired) electrons. The maximum absolute atomic E-state index is 12.1. The average Bonchev–Trinajstić information content (AvgIpc) is 2.86. The Labute approximate surface area is 131 Å². The van der Waals surface area contributed by atoms with Crippen LogP contribution in [0.1, 0.15) is 35.1 Å². The van der Waals surface area contributed by atoms with Crippen LogP contribution in [0.2, 0.25) is 10.0 Å². The molecule has 4 nitrogen and oxygen atoms in total. The maximum Gasteiger partial charge on any atom is 0.259 e. The van der Waals surface area contributed by atoms with Gasteiger partial charge in [0.05, 0.1) is 10.6 Å². The highest BCUT2D eigenvalue weighted by atomic mass is 35.5. The van der Waals surface area contributed by atoms with E-state index < -0.39 is 0 Å². The number of carbonyl (C=O) groups excluding carboxylic acids is 1. The summed E-state index contributed by atoms with van der Waals surface area (Å²) in [5.41, 5.74) is 0.324. The van der Waals surface area contributed by atoms with Crippen LogP contribution in [-0.2, 0) is 6.42 Å². The summed E-state index contributed by atoms with van der Waals surface area (Å²) in [5.74, 6) is -0.337. The Morgan fingerprint density at radius 3 is 2.90 bits per heavy atom. The van der Waals surface area contributed by atoms with Crippen molar-refractivity contribution in [1.29, 1.82) is 0 Å². The number of hydrogen-bond acceptors (Lipinski definition) is 4. The minimum absolute atomic E-state index is 0.324. The smallest absolute Gasteiger partial charge is 0.259 e. The predicted molar refractivity (Wildman–Crippen MR) is 82.9 cm³/mol. The van der Waals surface area contributed by atoms with Crippen molar-refractivity contribution in [2.45, 2.75) is 26.2 Å². The van der Waals surface area contributed by atoms with Crippen molar-refractivity contribution in [1.82, 2.24) is 10.2 Å². The third kappa shape index (κ3) is 3.91. The molecule has 0 spiro atoms. The van der Waals surface area contributed by atoms with Crippen molar-refractivity contribution in [3.05, 3.63) is 38.8 Å². The van der Waals surface area contributed by atoms with Crippen molar-refractivity contribution < 1.29 is 4.79 Å². The summed E-state index contributed by atoms with van der Waals surface area (Å²) in [7, 11) is 0. The van der Waals surface area contributed by atoms with Crippen LogP contribution in [0.5, 0.6) is 0 Å². The van der Waals surface area contributed by atoms with Crippen LogP contribution in [0.25, 0.3) is 0 Å². The van der Waals surface area contributed by atoms with Gasteiger partial charge in [0.2, 0.25) is 5.13 Å². The molecule has 2 aromatic rings. The summed E-state index contributed by atoms with van der Waals surface area (Å²) in [5, 5.41) is 12.9. The first-order valence-electron chi connectivity index (χ1n) is 6.19. The van der Waals surface area contributed by atoms with Gasteiger partial charge in [-0.15, -0.1) is 10.2 Å². The first kappa shape index (κ1) is 15.2. The van der Waals surface area contributed by atoms with Gasteiger partial charge in [-0.05, 0) is 24.6 Å². The Morgan fingerprint density at radius 1 is 1.35 bits per heavy atom. The minimum atomic E-state index is -0.337. The van der Waals surface area contributed by atoms with Gasteiger partial charge in [-0.1, -0.05) is 47.9 Å². The Balaban J connectivity index is 2.07. The van der Waals surface area contributed by atoms with E-state index in [1.807, 2.05) is 0 Å². The van der Waals surface area contributed by atoms with Gasteiger partial charge < -0.3 is 0 Å². The molecule has 20 heavy (non-hydrogen) atoms. The molecule has 0 aliphatic rings. The topological polar surface area (TPSA) is 54.9 Å². The van der Waals surface area contributed by atoms with Gasteiger partial charge in [0.15, 0.2) is 0 Å². The van der Waals surface area contributed by atoms with Gasteiger partial charge in [0, 0.05) is 11.4 Å². The molecule has 106 valence electrons. The molecule has 1 aromatic carbocycles. The number of carbonyl (C=O) groups is 1. The van der Waals surface area contributed by atoms with Gasteiger partial charge in [0.25, 0.3) is 5.91 Å². The molecule has 0 unspecified atom stereocenters. The summed E-state index contributed by atoms with van der Waals surface area (Å²) < 4.78 is 0. The van der Waals surface area contributed by atoms with E-state index in [9.17, 15) is 4.79 Å². The van der Waals surface area contributed by atoms with Crippen molar-refractivity contribution in [2.75, 3.05) is 5.32 Å². The van der Waals surface area contributed by atoms with Crippen LogP contribution in [0.3, 0.4) is 0 Å². The van der Waals surface area contributed by atoms with Crippen LogP contribution in [-0.4, -0.2) is 16.1 Å². The van der Waals surface area contributed by atoms with Crippen molar-refractivity contribution in [3.63, 3.8) is 0 Å². The van der Waals surface area contributed by atoms with Crippen LogP contribution in [0, 0.1) is 0 Å². The summed E-state index contributed by atoms with van der Waals surface area (Å²) in [4.78, 5) is 12.1. The quantitative estimate of drug-likeness (QED) is 0.882. The molecule has 0 saturated heterocycles. The molecule has 1 aromatic heterocycles. The molecule has 1 N–H and O–H groups in total. The molecule has 0 fully saturated rings.